The molecule has 1 saturated heterocycles. The number of aliphatic carboxylic acids is 1. The number of carboxylic acids is 1. The Kier molecular flexibility index (Phi) is 5.90. The Morgan fingerprint density at radius 1 is 1.61 bits per heavy atom. The number of H-pyrrole nitrogens is 1. The van der Waals surface area contributed by atoms with Gasteiger partial charge in [0.05, 0.1) is 12.7 Å². The first-order chi connectivity index (χ1) is 13.4. The highest BCUT2D eigenvalue weighted by Gasteiger charge is 2.66. The molecule has 3 amide bonds. The molecule has 1 unspecified atom stereocenters. The van der Waals surface area contributed by atoms with Crippen LogP contribution in [-0.4, -0.2) is 85.9 Å². The van der Waals surface area contributed by atoms with E-state index in [0.29, 0.717) is 28.5 Å². The molecule has 0 spiro atoms. The van der Waals surface area contributed by atoms with Gasteiger partial charge in [0.1, 0.15) is 16.1 Å². The molecule has 2 atom stereocenters. The number of fused-ring (bicyclic) bond motifs is 1. The lowest BCUT2D eigenvalue weighted by atomic mass is 9.98. The molecule has 1 aromatic rings. The van der Waals surface area contributed by atoms with Crippen LogP contribution in [0.15, 0.2) is 22.5 Å². The zero-order valence-electron chi connectivity index (χ0n) is 14.5. The molecule has 3 rings (SSSR count). The molecule has 1 fully saturated rings. The van der Waals surface area contributed by atoms with Gasteiger partial charge in [-0.2, -0.15) is 0 Å². The van der Waals surface area contributed by atoms with Gasteiger partial charge in [-0.05, 0) is 5.57 Å². The summed E-state index contributed by atoms with van der Waals surface area (Å²) in [4.78, 5) is 48.1. The van der Waals surface area contributed by atoms with Gasteiger partial charge in [-0.3, -0.25) is 24.4 Å². The summed E-state index contributed by atoms with van der Waals surface area (Å²) in [5.41, 5.74) is -1.25. The van der Waals surface area contributed by atoms with Gasteiger partial charge in [0.25, 0.3) is 11.6 Å². The van der Waals surface area contributed by atoms with E-state index in [2.05, 4.69) is 26.0 Å². The number of ether oxygens (including phenoxy) is 1. The highest BCUT2D eigenvalue weighted by Crippen LogP contribution is 2.47. The van der Waals surface area contributed by atoms with E-state index in [9.17, 15) is 24.3 Å². The zero-order valence-corrected chi connectivity index (χ0v) is 16.1. The largest absolute Gasteiger partial charge is 0.477 e. The van der Waals surface area contributed by atoms with Gasteiger partial charge in [0.15, 0.2) is 0 Å². The number of methoxy groups -OCH3 is 1. The third kappa shape index (κ3) is 3.45. The molecule has 2 aliphatic rings. The van der Waals surface area contributed by atoms with E-state index < -0.39 is 28.9 Å². The highest BCUT2D eigenvalue weighted by molar-refractivity contribution is 8.01. The van der Waals surface area contributed by atoms with Crippen LogP contribution >= 0.6 is 23.5 Å². The van der Waals surface area contributed by atoms with Crippen molar-refractivity contribution in [1.29, 1.82) is 0 Å². The number of amides is 3. The number of rotatable bonds is 9. The Morgan fingerprint density at radius 2 is 2.39 bits per heavy atom. The predicted octanol–water partition coefficient (Wildman–Crippen LogP) is -1.64. The van der Waals surface area contributed by atoms with Gasteiger partial charge < -0.3 is 20.5 Å². The van der Waals surface area contributed by atoms with Crippen LogP contribution in [0.25, 0.3) is 0 Å². The molecular formula is C14H16N6O6S2. The summed E-state index contributed by atoms with van der Waals surface area (Å²) in [6.45, 7) is -0.332. The second kappa shape index (κ2) is 8.20. The Balaban J connectivity index is 1.80. The average Bonchev–Trinajstić information content (AvgIpc) is 3.21. The molecule has 4 N–H and O–H groups in total. The molecule has 0 saturated carbocycles. The molecular weight excluding hydrogens is 412 g/mol. The van der Waals surface area contributed by atoms with Crippen LogP contribution in [0.3, 0.4) is 0 Å². The van der Waals surface area contributed by atoms with Crippen LogP contribution in [-0.2, 0) is 23.9 Å². The molecule has 12 nitrogen and oxygen atoms in total. The molecule has 0 aromatic carbocycles. The maximum Gasteiger partial charge on any atom is 0.352 e. The van der Waals surface area contributed by atoms with E-state index in [1.807, 2.05) is 0 Å². The Hall–Kier alpha value is -2.58. The van der Waals surface area contributed by atoms with Gasteiger partial charge >= 0.3 is 5.97 Å². The van der Waals surface area contributed by atoms with Crippen molar-refractivity contribution in [2.75, 3.05) is 25.2 Å². The lowest BCUT2D eigenvalue weighted by Crippen LogP contribution is -2.81. The van der Waals surface area contributed by atoms with E-state index in [-0.39, 0.29) is 12.2 Å². The van der Waals surface area contributed by atoms with Crippen LogP contribution in [0, 0.1) is 0 Å². The standard InChI is InChI=1S/C14H16N6O6S2/c1-26-14(17-8(22)2-15-6-21)12(25)20-10(11(23)24)7(5-28-13(14)20)4-27-9-3-16-19-18-9/h3,6,13H,2,4-5H2,1H3,(H,15,21)(H,17,22)(H,23,24)(H,16,18,19)/t13?,14-/m0/s1. The van der Waals surface area contributed by atoms with Crippen molar-refractivity contribution in [3.8, 4) is 0 Å². The quantitative estimate of drug-likeness (QED) is 0.155. The smallest absolute Gasteiger partial charge is 0.352 e. The minimum Gasteiger partial charge on any atom is -0.477 e. The van der Waals surface area contributed by atoms with Crippen LogP contribution < -0.4 is 10.6 Å². The number of hydrogen-bond acceptors (Lipinski definition) is 9. The van der Waals surface area contributed by atoms with Crippen molar-refractivity contribution < 1.29 is 29.0 Å². The van der Waals surface area contributed by atoms with Gasteiger partial charge in [0, 0.05) is 18.6 Å². The second-order valence-corrected chi connectivity index (χ2v) is 7.78. The van der Waals surface area contributed by atoms with Crippen LogP contribution in [0.2, 0.25) is 0 Å². The molecule has 0 bridgehead atoms. The summed E-state index contributed by atoms with van der Waals surface area (Å²) in [5.74, 6) is -1.90. The molecule has 28 heavy (non-hydrogen) atoms. The second-order valence-electron chi connectivity index (χ2n) is 5.69. The van der Waals surface area contributed by atoms with Crippen molar-refractivity contribution in [3.05, 3.63) is 17.5 Å². The number of carboxylic acid groups (broad SMARTS) is 1. The summed E-state index contributed by atoms with van der Waals surface area (Å²) in [7, 11) is 1.25. The number of aromatic amines is 1. The Morgan fingerprint density at radius 3 is 3.00 bits per heavy atom. The Labute approximate surface area is 166 Å². The van der Waals surface area contributed by atoms with Gasteiger partial charge in [0.2, 0.25) is 12.3 Å². The number of nitrogens with one attached hydrogen (secondary N) is 3. The summed E-state index contributed by atoms with van der Waals surface area (Å²) in [6.07, 6.45) is 1.87. The SMILES string of the molecule is CO[C@@]1(NC(=O)CNC=O)C(=O)N2C(C(=O)O)=C(CSc3cnn[nH]3)CSC21. The van der Waals surface area contributed by atoms with E-state index >= 15 is 0 Å². The topological polar surface area (TPSA) is 167 Å². The minimum atomic E-state index is -1.68. The molecule has 0 aliphatic carbocycles. The number of hydrogen-bond donors (Lipinski definition) is 4. The van der Waals surface area contributed by atoms with E-state index in [4.69, 9.17) is 4.74 Å². The van der Waals surface area contributed by atoms with Crippen LogP contribution in [0.5, 0.6) is 0 Å². The summed E-state index contributed by atoms with van der Waals surface area (Å²) >= 11 is 2.59. The first-order valence-corrected chi connectivity index (χ1v) is 9.90. The number of nitrogens with zero attached hydrogens (tertiary/aromatic N) is 3. The molecule has 14 heteroatoms. The minimum absolute atomic E-state index is 0.123. The lowest BCUT2D eigenvalue weighted by Gasteiger charge is -2.55. The summed E-state index contributed by atoms with van der Waals surface area (Å²) < 4.78 is 5.29. The van der Waals surface area contributed by atoms with E-state index in [1.54, 1.807) is 0 Å². The third-order valence-electron chi connectivity index (χ3n) is 4.10. The van der Waals surface area contributed by atoms with Gasteiger partial charge in [-0.15, -0.1) is 28.6 Å². The van der Waals surface area contributed by atoms with E-state index in [0.717, 1.165) is 4.90 Å². The molecule has 1 aromatic heterocycles. The normalized spacial score (nSPS) is 23.7. The fourth-order valence-corrected chi connectivity index (χ4v) is 5.23. The highest BCUT2D eigenvalue weighted by atomic mass is 32.2. The fourth-order valence-electron chi connectivity index (χ4n) is 2.86. The van der Waals surface area contributed by atoms with Crippen molar-refractivity contribution in [2.24, 2.45) is 0 Å². The van der Waals surface area contributed by atoms with Crippen LogP contribution in [0.4, 0.5) is 0 Å². The van der Waals surface area contributed by atoms with Crippen molar-refractivity contribution in [1.82, 2.24) is 30.9 Å². The van der Waals surface area contributed by atoms with Crippen molar-refractivity contribution >= 4 is 47.7 Å². The fraction of sp³-hybridized carbons (Fsp3) is 0.429. The molecule has 2 aliphatic heterocycles. The maximum absolute atomic E-state index is 12.8. The first-order valence-electron chi connectivity index (χ1n) is 7.87. The van der Waals surface area contributed by atoms with Crippen molar-refractivity contribution in [3.63, 3.8) is 0 Å². The Bertz CT molecular complexity index is 830. The average molecular weight is 428 g/mol. The maximum atomic E-state index is 12.8. The lowest BCUT2D eigenvalue weighted by molar-refractivity contribution is -0.192. The van der Waals surface area contributed by atoms with E-state index in [1.165, 1.54) is 36.8 Å². The molecule has 0 radical (unpaired) electrons. The van der Waals surface area contributed by atoms with Gasteiger partial charge in [-0.25, -0.2) is 4.79 Å². The monoisotopic (exact) mass is 428 g/mol. The summed E-state index contributed by atoms with van der Waals surface area (Å²) in [5, 5.41) is 24.2. The number of carbonyl (C=O) groups excluding carboxylic acids is 3. The van der Waals surface area contributed by atoms with Crippen LogP contribution in [0.1, 0.15) is 0 Å². The zero-order chi connectivity index (χ0) is 20.3. The molecule has 3 heterocycles. The van der Waals surface area contributed by atoms with Crippen molar-refractivity contribution in [2.45, 2.75) is 16.1 Å². The summed E-state index contributed by atoms with van der Waals surface area (Å²) in [6, 6.07) is 0. The predicted molar refractivity (Wildman–Crippen MR) is 96.8 cm³/mol. The number of carbonyl (C=O) groups is 4. The number of aromatic nitrogens is 3. The third-order valence-corrected chi connectivity index (χ3v) is 6.47. The number of β-lactam (4-membered cyclic amide) rings is 1. The van der Waals surface area contributed by atoms with Gasteiger partial charge in [-0.1, -0.05) is 5.21 Å². The number of thioether (sulfide) groups is 2. The first kappa shape index (κ1) is 20.2. The molecule has 150 valence electrons.